The lowest BCUT2D eigenvalue weighted by Gasteiger charge is -2.35. The Morgan fingerprint density at radius 1 is 1.24 bits per heavy atom. The van der Waals surface area contributed by atoms with E-state index in [4.69, 9.17) is 0 Å². The van der Waals surface area contributed by atoms with Gasteiger partial charge in [0.2, 0.25) is 15.9 Å². The molecule has 1 aromatic rings. The van der Waals surface area contributed by atoms with Crippen LogP contribution in [0.5, 0.6) is 0 Å². The average Bonchev–Trinajstić information content (AvgIpc) is 2.24. The van der Waals surface area contributed by atoms with E-state index < -0.39 is 33.6 Å². The molecular weight excluding hydrogens is 309 g/mol. The summed E-state index contributed by atoms with van der Waals surface area (Å²) in [5.74, 6) is -0.892. The molecule has 0 bridgehead atoms. The molecule has 116 valence electrons. The molecule has 1 heterocycles. The predicted molar refractivity (Wildman–Crippen MR) is 70.0 cm³/mol. The molecule has 21 heavy (non-hydrogen) atoms. The van der Waals surface area contributed by atoms with Crippen molar-refractivity contribution in [3.05, 3.63) is 29.8 Å². The number of amides is 1. The van der Waals surface area contributed by atoms with Crippen LogP contribution in [0.3, 0.4) is 0 Å². The van der Waals surface area contributed by atoms with Crippen LogP contribution < -0.4 is 5.32 Å². The minimum atomic E-state index is -4.42. The fourth-order valence-electron chi connectivity index (χ4n) is 1.86. The summed E-state index contributed by atoms with van der Waals surface area (Å²) in [5, 5.41) is 2.47. The molecule has 0 radical (unpaired) electrons. The van der Waals surface area contributed by atoms with Crippen molar-refractivity contribution in [1.29, 1.82) is 0 Å². The monoisotopic (exact) mass is 322 g/mol. The van der Waals surface area contributed by atoms with Gasteiger partial charge in [-0.15, -0.1) is 0 Å². The van der Waals surface area contributed by atoms with E-state index in [0.717, 1.165) is 34.8 Å². The van der Waals surface area contributed by atoms with E-state index in [2.05, 4.69) is 5.32 Å². The van der Waals surface area contributed by atoms with Crippen molar-refractivity contribution in [2.24, 2.45) is 5.92 Å². The van der Waals surface area contributed by atoms with Gasteiger partial charge in [-0.05, 0) is 24.3 Å². The third-order valence-corrected chi connectivity index (χ3v) is 4.40. The number of rotatable bonds is 3. The van der Waals surface area contributed by atoms with Gasteiger partial charge in [0.1, 0.15) is 0 Å². The first-order chi connectivity index (χ1) is 9.57. The van der Waals surface area contributed by atoms with Gasteiger partial charge in [-0.25, -0.2) is 12.7 Å². The third kappa shape index (κ3) is 3.73. The van der Waals surface area contributed by atoms with Crippen molar-refractivity contribution < 1.29 is 26.4 Å². The Hall–Kier alpha value is -1.61. The van der Waals surface area contributed by atoms with Crippen LogP contribution in [0.15, 0.2) is 24.3 Å². The number of sulfonamides is 1. The molecule has 9 heteroatoms. The van der Waals surface area contributed by atoms with Gasteiger partial charge in [0.15, 0.2) is 0 Å². The van der Waals surface area contributed by atoms with Gasteiger partial charge in [0, 0.05) is 18.8 Å². The molecule has 1 aliphatic rings. The second kappa shape index (κ2) is 5.30. The summed E-state index contributed by atoms with van der Waals surface area (Å²) >= 11 is 0. The maximum atomic E-state index is 12.4. The van der Waals surface area contributed by atoms with Crippen molar-refractivity contribution >= 4 is 21.6 Å². The number of nitrogens with zero attached hydrogens (tertiary/aromatic N) is 1. The summed E-state index contributed by atoms with van der Waals surface area (Å²) in [4.78, 5) is 11.8. The topological polar surface area (TPSA) is 66.5 Å². The van der Waals surface area contributed by atoms with Crippen LogP contribution in [-0.2, 0) is 21.0 Å². The van der Waals surface area contributed by atoms with Crippen LogP contribution in [0.25, 0.3) is 0 Å². The summed E-state index contributed by atoms with van der Waals surface area (Å²) in [6.07, 6.45) is -3.37. The largest absolute Gasteiger partial charge is 0.416 e. The molecular formula is C12H13F3N2O3S. The number of halogens is 3. The minimum Gasteiger partial charge on any atom is -0.326 e. The molecule has 0 atom stereocenters. The fraction of sp³-hybridized carbons (Fsp3) is 0.417. The summed E-state index contributed by atoms with van der Waals surface area (Å²) in [7, 11) is -3.30. The van der Waals surface area contributed by atoms with Crippen LogP contribution in [0.1, 0.15) is 5.56 Å². The molecule has 2 rings (SSSR count). The highest BCUT2D eigenvalue weighted by molar-refractivity contribution is 7.88. The fourth-order valence-corrected chi connectivity index (χ4v) is 2.76. The highest BCUT2D eigenvalue weighted by atomic mass is 32.2. The van der Waals surface area contributed by atoms with E-state index in [0.29, 0.717) is 0 Å². The highest BCUT2D eigenvalue weighted by Crippen LogP contribution is 2.30. The molecule has 5 nitrogen and oxygen atoms in total. The lowest BCUT2D eigenvalue weighted by molar-refractivity contribution is -0.137. The number of nitrogens with one attached hydrogen (secondary N) is 1. The molecule has 0 spiro atoms. The van der Waals surface area contributed by atoms with Crippen molar-refractivity contribution in [1.82, 2.24) is 4.31 Å². The van der Waals surface area contributed by atoms with E-state index in [-0.39, 0.29) is 18.8 Å². The van der Waals surface area contributed by atoms with E-state index in [1.807, 2.05) is 0 Å². The molecule has 1 amide bonds. The van der Waals surface area contributed by atoms with E-state index >= 15 is 0 Å². The van der Waals surface area contributed by atoms with Crippen molar-refractivity contribution in [2.45, 2.75) is 6.18 Å². The van der Waals surface area contributed by atoms with Crippen molar-refractivity contribution in [3.63, 3.8) is 0 Å². The van der Waals surface area contributed by atoms with Crippen LogP contribution >= 0.6 is 0 Å². The van der Waals surface area contributed by atoms with Crippen LogP contribution in [-0.4, -0.2) is 38.0 Å². The molecule has 1 aliphatic heterocycles. The standard InChI is InChI=1S/C12H13F3N2O3S/c1-21(19,20)17-6-8(7-17)11(18)16-10-4-2-9(3-5-10)12(13,14)15/h2-5,8H,6-7H2,1H3,(H,16,18). The average molecular weight is 322 g/mol. The van der Waals surface area contributed by atoms with E-state index in [1.165, 1.54) is 0 Å². The first-order valence-corrected chi connectivity index (χ1v) is 7.85. The Bertz CT molecular complexity index is 635. The van der Waals surface area contributed by atoms with Crippen LogP contribution in [0.4, 0.5) is 18.9 Å². The molecule has 0 saturated carbocycles. The summed E-state index contributed by atoms with van der Waals surface area (Å²) < 4.78 is 60.6. The van der Waals surface area contributed by atoms with E-state index in [1.54, 1.807) is 0 Å². The van der Waals surface area contributed by atoms with Gasteiger partial charge in [-0.1, -0.05) is 0 Å². The maximum Gasteiger partial charge on any atom is 0.416 e. The quantitative estimate of drug-likeness (QED) is 0.918. The first-order valence-electron chi connectivity index (χ1n) is 6.00. The van der Waals surface area contributed by atoms with Crippen molar-refractivity contribution in [3.8, 4) is 0 Å². The number of benzene rings is 1. The number of anilines is 1. The molecule has 0 aromatic heterocycles. The Morgan fingerprint density at radius 3 is 2.19 bits per heavy atom. The van der Waals surface area contributed by atoms with Gasteiger partial charge < -0.3 is 5.32 Å². The number of alkyl halides is 3. The lowest BCUT2D eigenvalue weighted by atomic mass is 10.0. The Balaban J connectivity index is 1.93. The summed E-state index contributed by atoms with van der Waals surface area (Å²) in [5.41, 5.74) is -0.557. The zero-order valence-corrected chi connectivity index (χ0v) is 11.8. The summed E-state index contributed by atoms with van der Waals surface area (Å²) in [6, 6.07) is 4.07. The maximum absolute atomic E-state index is 12.4. The van der Waals surface area contributed by atoms with Gasteiger partial charge in [-0.3, -0.25) is 4.79 Å². The SMILES string of the molecule is CS(=O)(=O)N1CC(C(=O)Nc2ccc(C(F)(F)F)cc2)C1. The molecule has 1 N–H and O–H groups in total. The normalized spacial score (nSPS) is 17.3. The zero-order valence-electron chi connectivity index (χ0n) is 11.0. The number of hydrogen-bond donors (Lipinski definition) is 1. The molecule has 0 unspecified atom stereocenters. The van der Waals surface area contributed by atoms with Crippen molar-refractivity contribution in [2.75, 3.05) is 24.7 Å². The smallest absolute Gasteiger partial charge is 0.326 e. The zero-order chi connectivity index (χ0) is 15.8. The van der Waals surface area contributed by atoms with Gasteiger partial charge in [0.25, 0.3) is 0 Å². The van der Waals surface area contributed by atoms with Gasteiger partial charge >= 0.3 is 6.18 Å². The van der Waals surface area contributed by atoms with Gasteiger partial charge in [0.05, 0.1) is 17.7 Å². The number of carbonyl (C=O) groups is 1. The van der Waals surface area contributed by atoms with Gasteiger partial charge in [-0.2, -0.15) is 13.2 Å². The molecule has 0 aliphatic carbocycles. The van der Waals surface area contributed by atoms with Crippen LogP contribution in [0.2, 0.25) is 0 Å². The lowest BCUT2D eigenvalue weighted by Crippen LogP contribution is -2.53. The molecule has 1 saturated heterocycles. The third-order valence-electron chi connectivity index (χ3n) is 3.17. The second-order valence-corrected chi connectivity index (χ2v) is 6.82. The number of carbonyl (C=O) groups excluding carboxylic acids is 1. The predicted octanol–water partition coefficient (Wildman–Crippen LogP) is 1.54. The molecule has 1 aromatic carbocycles. The Kier molecular flexibility index (Phi) is 3.98. The molecule has 1 fully saturated rings. The first kappa shape index (κ1) is 15.8. The van der Waals surface area contributed by atoms with E-state index in [9.17, 15) is 26.4 Å². The Morgan fingerprint density at radius 2 is 1.76 bits per heavy atom. The second-order valence-electron chi connectivity index (χ2n) is 4.84. The summed E-state index contributed by atoms with van der Waals surface area (Å²) in [6.45, 7) is 0.177. The highest BCUT2D eigenvalue weighted by Gasteiger charge is 2.37. The number of hydrogen-bond acceptors (Lipinski definition) is 3. The minimum absolute atomic E-state index is 0.0886. The Labute approximate surface area is 119 Å². The van der Waals surface area contributed by atoms with Crippen LogP contribution in [0, 0.1) is 5.92 Å².